The summed E-state index contributed by atoms with van der Waals surface area (Å²) in [6.45, 7) is 5.59. The van der Waals surface area contributed by atoms with E-state index in [4.69, 9.17) is 0 Å². The van der Waals surface area contributed by atoms with Gasteiger partial charge in [0, 0.05) is 24.5 Å². The zero-order valence-electron chi connectivity index (χ0n) is 18.9. The molecule has 1 fully saturated rings. The van der Waals surface area contributed by atoms with Crippen molar-refractivity contribution in [3.8, 4) is 11.1 Å². The highest BCUT2D eigenvalue weighted by atomic mass is 19.1. The largest absolute Gasteiger partial charge is 0.371 e. The molecule has 2 amide bonds. The van der Waals surface area contributed by atoms with Gasteiger partial charge in [-0.2, -0.15) is 0 Å². The third kappa shape index (κ3) is 5.40. The summed E-state index contributed by atoms with van der Waals surface area (Å²) in [4.78, 5) is 27.5. The van der Waals surface area contributed by atoms with Crippen LogP contribution in [-0.2, 0) is 4.79 Å². The van der Waals surface area contributed by atoms with Gasteiger partial charge in [-0.15, -0.1) is 0 Å². The van der Waals surface area contributed by atoms with Gasteiger partial charge in [0.05, 0.1) is 5.56 Å². The first kappa shape index (κ1) is 22.5. The number of rotatable bonds is 6. The predicted octanol–water partition coefficient (Wildman–Crippen LogP) is 5.16. The fraction of sp³-hybridized carbons (Fsp3) is 0.259. The predicted molar refractivity (Wildman–Crippen MR) is 130 cm³/mol. The van der Waals surface area contributed by atoms with Crippen LogP contribution in [0, 0.1) is 12.7 Å². The number of aryl methyl sites for hydroxylation is 1. The molecule has 0 radical (unpaired) electrons. The Bertz CT molecular complexity index is 1150. The number of amides is 2. The Kier molecular flexibility index (Phi) is 6.73. The molecule has 0 bridgehead atoms. The smallest absolute Gasteiger partial charge is 0.254 e. The van der Waals surface area contributed by atoms with Gasteiger partial charge in [-0.3, -0.25) is 9.59 Å². The van der Waals surface area contributed by atoms with Crippen molar-refractivity contribution in [1.29, 1.82) is 0 Å². The van der Waals surface area contributed by atoms with Crippen LogP contribution in [0.15, 0.2) is 66.7 Å². The number of anilines is 2. The van der Waals surface area contributed by atoms with E-state index in [9.17, 15) is 14.0 Å². The highest BCUT2D eigenvalue weighted by Gasteiger charge is 2.20. The monoisotopic (exact) mass is 445 g/mol. The second-order valence-corrected chi connectivity index (χ2v) is 8.49. The molecule has 6 heteroatoms. The quantitative estimate of drug-likeness (QED) is 0.551. The minimum Gasteiger partial charge on any atom is -0.371 e. The zero-order chi connectivity index (χ0) is 23.4. The first-order valence-electron chi connectivity index (χ1n) is 11.2. The molecule has 5 nitrogen and oxygen atoms in total. The minimum atomic E-state index is -0.830. The molecule has 2 N–H and O–H groups in total. The Morgan fingerprint density at radius 1 is 0.939 bits per heavy atom. The molecule has 3 aromatic rings. The van der Waals surface area contributed by atoms with Crippen molar-refractivity contribution in [3.63, 3.8) is 0 Å². The fourth-order valence-electron chi connectivity index (χ4n) is 3.97. The molecule has 0 spiro atoms. The molecule has 4 rings (SSSR count). The van der Waals surface area contributed by atoms with Crippen LogP contribution in [0.3, 0.4) is 0 Å². The molecular weight excluding hydrogens is 417 g/mol. The average molecular weight is 446 g/mol. The molecule has 1 saturated heterocycles. The summed E-state index contributed by atoms with van der Waals surface area (Å²) < 4.78 is 14.7. The molecule has 0 aliphatic carbocycles. The maximum Gasteiger partial charge on any atom is 0.254 e. The first-order valence-corrected chi connectivity index (χ1v) is 11.2. The Morgan fingerprint density at radius 3 is 2.33 bits per heavy atom. The van der Waals surface area contributed by atoms with Gasteiger partial charge in [0.25, 0.3) is 5.91 Å². The van der Waals surface area contributed by atoms with Crippen LogP contribution in [0.25, 0.3) is 11.1 Å². The maximum atomic E-state index is 14.7. The molecule has 1 aliphatic rings. The Morgan fingerprint density at radius 2 is 1.64 bits per heavy atom. The van der Waals surface area contributed by atoms with Gasteiger partial charge in [0.1, 0.15) is 11.9 Å². The van der Waals surface area contributed by atoms with Crippen LogP contribution in [-0.4, -0.2) is 30.9 Å². The number of hydrogen-bond donors (Lipinski definition) is 2. The van der Waals surface area contributed by atoms with Gasteiger partial charge in [-0.05, 0) is 68.1 Å². The van der Waals surface area contributed by atoms with Crippen molar-refractivity contribution in [1.82, 2.24) is 5.32 Å². The number of carbonyl (C=O) groups excluding carboxylic acids is 2. The van der Waals surface area contributed by atoms with Gasteiger partial charge >= 0.3 is 0 Å². The van der Waals surface area contributed by atoms with E-state index >= 15 is 0 Å². The SMILES string of the molecule is Cc1ccc(-c2ccc(C(=O)NC(C)C(=O)Nc3cccc(N4CCCC4)c3)c(F)c2)cc1. The summed E-state index contributed by atoms with van der Waals surface area (Å²) in [5.41, 5.74) is 4.31. The molecule has 1 aliphatic heterocycles. The summed E-state index contributed by atoms with van der Waals surface area (Å²) in [6.07, 6.45) is 2.34. The van der Waals surface area contributed by atoms with E-state index in [0.717, 1.165) is 29.9 Å². The number of halogens is 1. The van der Waals surface area contributed by atoms with E-state index in [-0.39, 0.29) is 11.5 Å². The van der Waals surface area contributed by atoms with Gasteiger partial charge < -0.3 is 15.5 Å². The standard InChI is InChI=1S/C27H28FN3O2/c1-18-8-10-20(11-9-18)21-12-13-24(25(28)16-21)27(33)29-19(2)26(32)30-22-6-5-7-23(17-22)31-14-3-4-15-31/h5-13,16-17,19H,3-4,14-15H2,1-2H3,(H,29,33)(H,30,32). The number of nitrogens with zero attached hydrogens (tertiary/aromatic N) is 1. The number of nitrogens with one attached hydrogen (secondary N) is 2. The first-order chi connectivity index (χ1) is 15.9. The number of benzene rings is 3. The summed E-state index contributed by atoms with van der Waals surface area (Å²) in [5, 5.41) is 5.43. The van der Waals surface area contributed by atoms with Gasteiger partial charge in [0.15, 0.2) is 0 Å². The van der Waals surface area contributed by atoms with Crippen molar-refractivity contribution < 1.29 is 14.0 Å². The third-order valence-corrected chi connectivity index (χ3v) is 5.92. The number of hydrogen-bond acceptors (Lipinski definition) is 3. The lowest BCUT2D eigenvalue weighted by Gasteiger charge is -2.19. The van der Waals surface area contributed by atoms with Crippen LogP contribution in [0.1, 0.15) is 35.7 Å². The highest BCUT2D eigenvalue weighted by Crippen LogP contribution is 2.24. The Hall–Kier alpha value is -3.67. The molecule has 1 heterocycles. The summed E-state index contributed by atoms with van der Waals surface area (Å²) >= 11 is 0. The molecule has 3 aromatic carbocycles. The van der Waals surface area contributed by atoms with Crippen LogP contribution in [0.4, 0.5) is 15.8 Å². The average Bonchev–Trinajstić information content (AvgIpc) is 3.34. The highest BCUT2D eigenvalue weighted by molar-refractivity contribution is 6.01. The van der Waals surface area contributed by atoms with Crippen LogP contribution in [0.2, 0.25) is 0 Å². The molecule has 0 saturated carbocycles. The minimum absolute atomic E-state index is 0.0958. The van der Waals surface area contributed by atoms with E-state index in [1.165, 1.54) is 25.0 Å². The lowest BCUT2D eigenvalue weighted by Crippen LogP contribution is -2.41. The van der Waals surface area contributed by atoms with Crippen molar-refractivity contribution in [2.75, 3.05) is 23.3 Å². The Balaban J connectivity index is 1.39. The zero-order valence-corrected chi connectivity index (χ0v) is 18.9. The van der Waals surface area contributed by atoms with E-state index in [0.29, 0.717) is 11.3 Å². The molecule has 0 aromatic heterocycles. The van der Waals surface area contributed by atoms with Crippen molar-refractivity contribution in [2.45, 2.75) is 32.7 Å². The summed E-state index contributed by atoms with van der Waals surface area (Å²) in [7, 11) is 0. The molecule has 1 unspecified atom stereocenters. The van der Waals surface area contributed by atoms with Crippen LogP contribution in [0.5, 0.6) is 0 Å². The second kappa shape index (κ2) is 9.86. The summed E-state index contributed by atoms with van der Waals surface area (Å²) in [5.74, 6) is -1.62. The van der Waals surface area contributed by atoms with E-state index < -0.39 is 17.8 Å². The van der Waals surface area contributed by atoms with Crippen molar-refractivity contribution >= 4 is 23.2 Å². The maximum absolute atomic E-state index is 14.7. The van der Waals surface area contributed by atoms with Crippen molar-refractivity contribution in [2.24, 2.45) is 0 Å². The fourth-order valence-corrected chi connectivity index (χ4v) is 3.97. The van der Waals surface area contributed by atoms with Gasteiger partial charge in [-0.25, -0.2) is 4.39 Å². The van der Waals surface area contributed by atoms with Gasteiger partial charge in [-0.1, -0.05) is 42.0 Å². The number of carbonyl (C=O) groups is 2. The molecule has 1 atom stereocenters. The van der Waals surface area contributed by atoms with Crippen LogP contribution < -0.4 is 15.5 Å². The second-order valence-electron chi connectivity index (χ2n) is 8.49. The van der Waals surface area contributed by atoms with Gasteiger partial charge in [0.2, 0.25) is 5.91 Å². The molecule has 170 valence electrons. The normalized spacial score (nSPS) is 14.1. The lowest BCUT2D eigenvalue weighted by atomic mass is 10.0. The van der Waals surface area contributed by atoms with E-state index in [2.05, 4.69) is 15.5 Å². The van der Waals surface area contributed by atoms with Crippen LogP contribution >= 0.6 is 0 Å². The van der Waals surface area contributed by atoms with E-state index in [1.807, 2.05) is 55.5 Å². The lowest BCUT2D eigenvalue weighted by molar-refractivity contribution is -0.117. The topological polar surface area (TPSA) is 61.4 Å². The Labute approximate surface area is 193 Å². The third-order valence-electron chi connectivity index (χ3n) is 5.92. The van der Waals surface area contributed by atoms with Crippen molar-refractivity contribution in [3.05, 3.63) is 83.7 Å². The molecular formula is C27H28FN3O2. The summed E-state index contributed by atoms with van der Waals surface area (Å²) in [6, 6.07) is 19.1. The molecule has 33 heavy (non-hydrogen) atoms. The van der Waals surface area contributed by atoms with E-state index in [1.54, 1.807) is 13.0 Å².